The van der Waals surface area contributed by atoms with Crippen molar-refractivity contribution < 1.29 is 9.53 Å². The van der Waals surface area contributed by atoms with Crippen molar-refractivity contribution in [2.75, 3.05) is 33.3 Å². The minimum absolute atomic E-state index is 0.0280. The molecule has 0 unspecified atom stereocenters. The van der Waals surface area contributed by atoms with Gasteiger partial charge in [-0.15, -0.1) is 0 Å². The van der Waals surface area contributed by atoms with Crippen molar-refractivity contribution in [3.8, 4) is 0 Å². The molecule has 0 amide bonds. The van der Waals surface area contributed by atoms with E-state index in [0.29, 0.717) is 6.61 Å². The molecule has 1 saturated heterocycles. The summed E-state index contributed by atoms with van der Waals surface area (Å²) in [6.45, 7) is 5.59. The highest BCUT2D eigenvalue weighted by atomic mass is 16.5. The predicted molar refractivity (Wildman–Crippen MR) is 84.5 cm³/mol. The maximum Gasteiger partial charge on any atom is 0.309 e. The summed E-state index contributed by atoms with van der Waals surface area (Å²) in [5, 5.41) is 3.36. The molecule has 1 aromatic heterocycles. The fraction of sp³-hybridized carbons (Fsp3) is 0.667. The van der Waals surface area contributed by atoms with Crippen molar-refractivity contribution in [3.63, 3.8) is 0 Å². The average molecular weight is 307 g/mol. The second-order valence-electron chi connectivity index (χ2n) is 5.29. The van der Waals surface area contributed by atoms with Crippen LogP contribution in [0.15, 0.2) is 23.7 Å². The van der Waals surface area contributed by atoms with Crippen LogP contribution < -0.4 is 5.32 Å². The van der Waals surface area contributed by atoms with E-state index in [9.17, 15) is 4.79 Å². The van der Waals surface area contributed by atoms with E-state index in [4.69, 9.17) is 4.74 Å². The molecule has 1 fully saturated rings. The van der Waals surface area contributed by atoms with Gasteiger partial charge >= 0.3 is 5.97 Å². The summed E-state index contributed by atoms with van der Waals surface area (Å²) in [6.07, 6.45) is 7.15. The number of esters is 1. The summed E-state index contributed by atoms with van der Waals surface area (Å²) < 4.78 is 7.12. The first-order valence-electron chi connectivity index (χ1n) is 7.82. The molecule has 0 aromatic carbocycles. The van der Waals surface area contributed by atoms with Crippen molar-refractivity contribution in [1.29, 1.82) is 0 Å². The van der Waals surface area contributed by atoms with E-state index in [-0.39, 0.29) is 11.9 Å². The van der Waals surface area contributed by atoms with E-state index in [2.05, 4.69) is 20.2 Å². The molecule has 7 nitrogen and oxygen atoms in total. The van der Waals surface area contributed by atoms with Crippen molar-refractivity contribution in [2.24, 2.45) is 10.9 Å². The lowest BCUT2D eigenvalue weighted by Gasteiger charge is -2.33. The summed E-state index contributed by atoms with van der Waals surface area (Å²) in [5.41, 5.74) is 0. The summed E-state index contributed by atoms with van der Waals surface area (Å²) in [7, 11) is 1.79. The van der Waals surface area contributed by atoms with E-state index < -0.39 is 0 Å². The number of piperidine rings is 1. The number of imidazole rings is 1. The molecule has 1 aliphatic heterocycles. The Morgan fingerprint density at radius 3 is 2.82 bits per heavy atom. The minimum Gasteiger partial charge on any atom is -0.466 e. The topological polar surface area (TPSA) is 71.8 Å². The monoisotopic (exact) mass is 307 g/mol. The average Bonchev–Trinajstić information content (AvgIpc) is 3.05. The quantitative estimate of drug-likeness (QED) is 0.493. The third-order valence-electron chi connectivity index (χ3n) is 3.84. The molecule has 0 saturated carbocycles. The van der Waals surface area contributed by atoms with Crippen LogP contribution in [0.3, 0.4) is 0 Å². The van der Waals surface area contributed by atoms with Crippen LogP contribution in [0.25, 0.3) is 0 Å². The van der Waals surface area contributed by atoms with Crippen LogP contribution >= 0.6 is 0 Å². The Balaban J connectivity index is 1.74. The Morgan fingerprint density at radius 1 is 1.45 bits per heavy atom. The van der Waals surface area contributed by atoms with Crippen LogP contribution in [-0.2, 0) is 16.1 Å². The van der Waals surface area contributed by atoms with Crippen LogP contribution in [0.2, 0.25) is 0 Å². The molecule has 1 N–H and O–H groups in total. The lowest BCUT2D eigenvalue weighted by Crippen LogP contribution is -2.47. The van der Waals surface area contributed by atoms with E-state index >= 15 is 0 Å². The Bertz CT molecular complexity index is 478. The van der Waals surface area contributed by atoms with Gasteiger partial charge in [-0.05, 0) is 19.8 Å². The standard InChI is InChI=1S/C15H25N5O2/c1-3-22-14(21)13-4-8-20(9-5-13)15(16-2)18-7-11-19-10-6-17-12-19/h6,10,12-13H,3-5,7-9,11H2,1-2H3,(H,16,18). The van der Waals surface area contributed by atoms with Gasteiger partial charge in [0.15, 0.2) is 5.96 Å². The molecular weight excluding hydrogens is 282 g/mol. The predicted octanol–water partition coefficient (Wildman–Crippen LogP) is 0.734. The normalized spacial score (nSPS) is 16.6. The number of carbonyl (C=O) groups excluding carboxylic acids is 1. The van der Waals surface area contributed by atoms with Gasteiger partial charge in [0, 0.05) is 45.6 Å². The number of aromatic nitrogens is 2. The zero-order valence-electron chi connectivity index (χ0n) is 13.4. The summed E-state index contributed by atoms with van der Waals surface area (Å²) >= 11 is 0. The van der Waals surface area contributed by atoms with Crippen molar-refractivity contribution in [1.82, 2.24) is 19.8 Å². The second kappa shape index (κ2) is 8.41. The molecule has 1 aliphatic rings. The number of carbonyl (C=O) groups is 1. The van der Waals surface area contributed by atoms with Gasteiger partial charge in [-0.25, -0.2) is 4.98 Å². The van der Waals surface area contributed by atoms with Crippen molar-refractivity contribution >= 4 is 11.9 Å². The number of guanidine groups is 1. The molecule has 22 heavy (non-hydrogen) atoms. The SMILES string of the molecule is CCOC(=O)C1CCN(C(=NC)NCCn2ccnc2)CC1. The van der Waals surface area contributed by atoms with E-state index in [1.165, 1.54) is 0 Å². The van der Waals surface area contributed by atoms with Gasteiger partial charge in [-0.3, -0.25) is 9.79 Å². The number of aliphatic imine (C=N–C) groups is 1. The molecule has 1 aromatic rings. The van der Waals surface area contributed by atoms with Crippen molar-refractivity contribution in [3.05, 3.63) is 18.7 Å². The van der Waals surface area contributed by atoms with Crippen LogP contribution in [0.4, 0.5) is 0 Å². The zero-order valence-corrected chi connectivity index (χ0v) is 13.4. The van der Waals surface area contributed by atoms with Crippen LogP contribution in [0.1, 0.15) is 19.8 Å². The maximum atomic E-state index is 11.8. The van der Waals surface area contributed by atoms with Gasteiger partial charge in [0.1, 0.15) is 0 Å². The first-order chi connectivity index (χ1) is 10.7. The Kier molecular flexibility index (Phi) is 6.24. The molecule has 2 rings (SSSR count). The number of rotatable bonds is 5. The first kappa shape index (κ1) is 16.3. The number of nitrogens with zero attached hydrogens (tertiary/aromatic N) is 4. The minimum atomic E-state index is -0.0646. The first-order valence-corrected chi connectivity index (χ1v) is 7.82. The van der Waals surface area contributed by atoms with Crippen LogP contribution in [0.5, 0.6) is 0 Å². The lowest BCUT2D eigenvalue weighted by atomic mass is 9.97. The highest BCUT2D eigenvalue weighted by molar-refractivity contribution is 5.80. The molecule has 2 heterocycles. The van der Waals surface area contributed by atoms with E-state index in [1.54, 1.807) is 19.6 Å². The molecule has 0 spiro atoms. The molecular formula is C15H25N5O2. The summed E-state index contributed by atoms with van der Waals surface area (Å²) in [4.78, 5) is 22.3. The molecule has 0 radical (unpaired) electrons. The Hall–Kier alpha value is -2.05. The zero-order chi connectivity index (χ0) is 15.8. The van der Waals surface area contributed by atoms with E-state index in [1.807, 2.05) is 17.7 Å². The summed E-state index contributed by atoms with van der Waals surface area (Å²) in [6, 6.07) is 0. The van der Waals surface area contributed by atoms with Gasteiger partial charge in [0.05, 0.1) is 18.9 Å². The van der Waals surface area contributed by atoms with Crippen molar-refractivity contribution in [2.45, 2.75) is 26.3 Å². The van der Waals surface area contributed by atoms with Gasteiger partial charge < -0.3 is 19.5 Å². The number of nitrogens with one attached hydrogen (secondary N) is 1. The highest BCUT2D eigenvalue weighted by Crippen LogP contribution is 2.18. The smallest absolute Gasteiger partial charge is 0.309 e. The number of hydrogen-bond acceptors (Lipinski definition) is 4. The number of hydrogen-bond donors (Lipinski definition) is 1. The third kappa shape index (κ3) is 4.47. The third-order valence-corrected chi connectivity index (χ3v) is 3.84. The Labute approximate surface area is 131 Å². The fourth-order valence-electron chi connectivity index (χ4n) is 2.64. The molecule has 0 atom stereocenters. The van der Waals surface area contributed by atoms with Gasteiger partial charge in [-0.1, -0.05) is 0 Å². The maximum absolute atomic E-state index is 11.8. The highest BCUT2D eigenvalue weighted by Gasteiger charge is 2.27. The van der Waals surface area contributed by atoms with Gasteiger partial charge in [-0.2, -0.15) is 0 Å². The molecule has 122 valence electrons. The molecule has 7 heteroatoms. The lowest BCUT2D eigenvalue weighted by molar-refractivity contribution is -0.149. The molecule has 0 aliphatic carbocycles. The molecule has 0 bridgehead atoms. The summed E-state index contributed by atoms with van der Waals surface area (Å²) in [5.74, 6) is 0.855. The second-order valence-corrected chi connectivity index (χ2v) is 5.29. The number of likely N-dealkylation sites (tertiary alicyclic amines) is 1. The van der Waals surface area contributed by atoms with Gasteiger partial charge in [0.2, 0.25) is 0 Å². The van der Waals surface area contributed by atoms with Crippen LogP contribution in [0, 0.1) is 5.92 Å². The largest absolute Gasteiger partial charge is 0.466 e. The number of ether oxygens (including phenoxy) is 1. The fourth-order valence-corrected chi connectivity index (χ4v) is 2.64. The van der Waals surface area contributed by atoms with Gasteiger partial charge in [0.25, 0.3) is 0 Å². The Morgan fingerprint density at radius 2 is 2.23 bits per heavy atom. The van der Waals surface area contributed by atoms with E-state index in [0.717, 1.165) is 45.0 Å². The van der Waals surface area contributed by atoms with Crippen LogP contribution in [-0.4, -0.2) is 59.7 Å².